The Balaban J connectivity index is 2.51. The highest BCUT2D eigenvalue weighted by atomic mass is 32.2. The predicted molar refractivity (Wildman–Crippen MR) is 72.9 cm³/mol. The van der Waals surface area contributed by atoms with E-state index < -0.39 is 10.0 Å². The van der Waals surface area contributed by atoms with Crippen molar-refractivity contribution >= 4 is 21.4 Å². The number of benzene rings is 1. The molecule has 1 aromatic rings. The lowest BCUT2D eigenvalue weighted by atomic mass is 10.0. The quantitative estimate of drug-likeness (QED) is 0.792. The van der Waals surface area contributed by atoms with Crippen LogP contribution >= 0.6 is 0 Å². The first-order chi connectivity index (χ1) is 8.22. The van der Waals surface area contributed by atoms with Crippen LogP contribution in [-0.4, -0.2) is 20.5 Å². The molecule has 1 heterocycles. The van der Waals surface area contributed by atoms with Crippen LogP contribution in [0, 0.1) is 0 Å². The average Bonchev–Trinajstić information content (AvgIpc) is 2.57. The number of nitrogens with two attached hydrogens (primary N) is 2. The molecule has 0 amide bonds. The number of sulfonamides is 1. The van der Waals surface area contributed by atoms with Crippen molar-refractivity contribution in [2.75, 3.05) is 17.2 Å². The lowest BCUT2D eigenvalue weighted by Crippen LogP contribution is -2.38. The van der Waals surface area contributed by atoms with Gasteiger partial charge >= 0.3 is 0 Å². The van der Waals surface area contributed by atoms with Gasteiger partial charge in [0.05, 0.1) is 16.3 Å². The average molecular weight is 269 g/mol. The van der Waals surface area contributed by atoms with Gasteiger partial charge in [0.25, 0.3) is 0 Å². The minimum absolute atomic E-state index is 0.00883. The van der Waals surface area contributed by atoms with E-state index in [2.05, 4.69) is 18.7 Å². The third-order valence-corrected chi connectivity index (χ3v) is 4.43. The summed E-state index contributed by atoms with van der Waals surface area (Å²) in [4.78, 5) is 2.26. The summed E-state index contributed by atoms with van der Waals surface area (Å²) >= 11 is 0. The van der Waals surface area contributed by atoms with E-state index in [1.165, 1.54) is 6.07 Å². The molecule has 6 heteroatoms. The van der Waals surface area contributed by atoms with Crippen LogP contribution in [-0.2, 0) is 10.0 Å². The summed E-state index contributed by atoms with van der Waals surface area (Å²) in [5.41, 5.74) is 7.28. The largest absolute Gasteiger partial charge is 0.397 e. The maximum atomic E-state index is 11.4. The molecule has 1 fully saturated rings. The second kappa shape index (κ2) is 4.13. The van der Waals surface area contributed by atoms with Gasteiger partial charge in [-0.3, -0.25) is 0 Å². The van der Waals surface area contributed by atoms with Crippen LogP contribution in [0.5, 0.6) is 0 Å². The van der Waals surface area contributed by atoms with Gasteiger partial charge in [-0.25, -0.2) is 13.6 Å². The molecule has 0 atom stereocenters. The highest BCUT2D eigenvalue weighted by Gasteiger charge is 2.33. The van der Waals surface area contributed by atoms with Crippen LogP contribution in [0.25, 0.3) is 0 Å². The fraction of sp³-hybridized carbons (Fsp3) is 0.500. The zero-order chi connectivity index (χ0) is 13.6. The Morgan fingerprint density at radius 2 is 2.00 bits per heavy atom. The Labute approximate surface area is 108 Å². The lowest BCUT2D eigenvalue weighted by molar-refractivity contribution is 0.518. The van der Waals surface area contributed by atoms with Gasteiger partial charge in [-0.15, -0.1) is 0 Å². The van der Waals surface area contributed by atoms with Gasteiger partial charge in [-0.05, 0) is 44.9 Å². The Morgan fingerprint density at radius 3 is 2.50 bits per heavy atom. The monoisotopic (exact) mass is 269 g/mol. The molecule has 2 rings (SSSR count). The maximum Gasteiger partial charge on any atom is 0.238 e. The third kappa shape index (κ3) is 2.30. The molecule has 1 saturated heterocycles. The Hall–Kier alpha value is -1.27. The first-order valence-electron chi connectivity index (χ1n) is 5.92. The summed E-state index contributed by atoms with van der Waals surface area (Å²) in [6.45, 7) is 5.14. The zero-order valence-electron chi connectivity index (χ0n) is 10.7. The molecule has 1 aromatic carbocycles. The number of hydrogen-bond acceptors (Lipinski definition) is 4. The van der Waals surface area contributed by atoms with E-state index in [9.17, 15) is 8.42 Å². The van der Waals surface area contributed by atoms with Gasteiger partial charge in [0, 0.05) is 12.1 Å². The molecule has 1 aliphatic rings. The number of hydrogen-bond donors (Lipinski definition) is 2. The molecule has 0 saturated carbocycles. The van der Waals surface area contributed by atoms with Gasteiger partial charge in [-0.2, -0.15) is 0 Å². The highest BCUT2D eigenvalue weighted by Crippen LogP contribution is 2.37. The van der Waals surface area contributed by atoms with E-state index in [0.717, 1.165) is 25.1 Å². The Bertz CT molecular complexity index is 567. The molecule has 18 heavy (non-hydrogen) atoms. The second-order valence-corrected chi connectivity index (χ2v) is 6.89. The van der Waals surface area contributed by atoms with Crippen LogP contribution in [0.4, 0.5) is 11.4 Å². The minimum atomic E-state index is -3.69. The van der Waals surface area contributed by atoms with Crippen LogP contribution < -0.4 is 15.8 Å². The van der Waals surface area contributed by atoms with Crippen molar-refractivity contribution in [3.05, 3.63) is 18.2 Å². The number of rotatable bonds is 2. The summed E-state index contributed by atoms with van der Waals surface area (Å²) < 4.78 is 22.8. The molecule has 0 aromatic heterocycles. The molecule has 100 valence electrons. The van der Waals surface area contributed by atoms with E-state index in [1.54, 1.807) is 12.1 Å². The fourth-order valence-corrected chi connectivity index (χ4v) is 3.02. The van der Waals surface area contributed by atoms with Crippen molar-refractivity contribution in [2.24, 2.45) is 5.14 Å². The van der Waals surface area contributed by atoms with Gasteiger partial charge in [0.1, 0.15) is 0 Å². The molecule has 0 aliphatic carbocycles. The van der Waals surface area contributed by atoms with Crippen molar-refractivity contribution < 1.29 is 8.42 Å². The Morgan fingerprint density at radius 1 is 1.33 bits per heavy atom. The zero-order valence-corrected chi connectivity index (χ0v) is 11.5. The molecule has 0 unspecified atom stereocenters. The van der Waals surface area contributed by atoms with Crippen molar-refractivity contribution in [3.8, 4) is 0 Å². The van der Waals surface area contributed by atoms with Crippen LogP contribution in [0.1, 0.15) is 26.7 Å². The van der Waals surface area contributed by atoms with E-state index in [0.29, 0.717) is 5.69 Å². The second-order valence-electron chi connectivity index (χ2n) is 5.33. The summed E-state index contributed by atoms with van der Waals surface area (Å²) in [6.07, 6.45) is 2.14. The number of primary sulfonamides is 1. The summed E-state index contributed by atoms with van der Waals surface area (Å²) in [5.74, 6) is 0. The number of anilines is 2. The first kappa shape index (κ1) is 13.2. The van der Waals surface area contributed by atoms with Gasteiger partial charge < -0.3 is 10.6 Å². The van der Waals surface area contributed by atoms with Crippen LogP contribution in [0.15, 0.2) is 23.1 Å². The first-order valence-corrected chi connectivity index (χ1v) is 7.46. The molecule has 5 nitrogen and oxygen atoms in total. The fourth-order valence-electron chi connectivity index (χ4n) is 2.49. The number of nitrogens with zero attached hydrogens (tertiary/aromatic N) is 1. The molecule has 0 radical (unpaired) electrons. The molecule has 0 bridgehead atoms. The van der Waals surface area contributed by atoms with Crippen molar-refractivity contribution in [1.29, 1.82) is 0 Å². The van der Waals surface area contributed by atoms with E-state index in [-0.39, 0.29) is 10.4 Å². The lowest BCUT2D eigenvalue weighted by Gasteiger charge is -2.34. The van der Waals surface area contributed by atoms with Gasteiger partial charge in [-0.1, -0.05) is 0 Å². The van der Waals surface area contributed by atoms with E-state index >= 15 is 0 Å². The van der Waals surface area contributed by atoms with Crippen LogP contribution in [0.2, 0.25) is 0 Å². The van der Waals surface area contributed by atoms with E-state index in [1.807, 2.05) is 0 Å². The highest BCUT2D eigenvalue weighted by molar-refractivity contribution is 7.89. The SMILES string of the molecule is CC1(C)CCCN1c1cc(S(N)(=O)=O)ccc1N. The molecule has 0 spiro atoms. The standard InChI is InChI=1S/C12H19N3O2S/c1-12(2)6-3-7-15(12)11-8-9(18(14,16)17)4-5-10(11)13/h4-5,8H,3,6-7,13H2,1-2H3,(H2,14,16,17). The Kier molecular flexibility index (Phi) is 3.03. The third-order valence-electron chi connectivity index (χ3n) is 3.52. The normalized spacial score (nSPS) is 19.2. The molecule has 1 aliphatic heterocycles. The number of nitrogen functional groups attached to an aromatic ring is 1. The van der Waals surface area contributed by atoms with Crippen molar-refractivity contribution in [3.63, 3.8) is 0 Å². The molecular formula is C12H19N3O2S. The summed E-state index contributed by atoms with van der Waals surface area (Å²) in [6, 6.07) is 4.61. The topological polar surface area (TPSA) is 89.4 Å². The summed E-state index contributed by atoms with van der Waals surface area (Å²) in [5, 5.41) is 5.15. The maximum absolute atomic E-state index is 11.4. The molecule has 4 N–H and O–H groups in total. The van der Waals surface area contributed by atoms with Gasteiger partial charge in [0.15, 0.2) is 0 Å². The van der Waals surface area contributed by atoms with Crippen molar-refractivity contribution in [2.45, 2.75) is 37.1 Å². The van der Waals surface area contributed by atoms with E-state index in [4.69, 9.17) is 10.9 Å². The van der Waals surface area contributed by atoms with Crippen LogP contribution in [0.3, 0.4) is 0 Å². The summed E-state index contributed by atoms with van der Waals surface area (Å²) in [7, 11) is -3.69. The smallest absolute Gasteiger partial charge is 0.238 e. The minimum Gasteiger partial charge on any atom is -0.397 e. The van der Waals surface area contributed by atoms with Crippen molar-refractivity contribution in [1.82, 2.24) is 0 Å². The predicted octanol–water partition coefficient (Wildman–Crippen LogP) is 1.30. The molecular weight excluding hydrogens is 250 g/mol. The van der Waals surface area contributed by atoms with Gasteiger partial charge in [0.2, 0.25) is 10.0 Å².